The van der Waals surface area contributed by atoms with E-state index in [2.05, 4.69) is 23.2 Å². The maximum Gasteiger partial charge on any atom is 0.410 e. The van der Waals surface area contributed by atoms with E-state index in [0.717, 1.165) is 44.4 Å². The molecule has 4 aromatic rings. The van der Waals surface area contributed by atoms with Crippen molar-refractivity contribution in [3.63, 3.8) is 0 Å². The van der Waals surface area contributed by atoms with Gasteiger partial charge in [-0.2, -0.15) is 0 Å². The van der Waals surface area contributed by atoms with Crippen molar-refractivity contribution in [2.24, 2.45) is 0 Å². The van der Waals surface area contributed by atoms with Gasteiger partial charge in [0.2, 0.25) is 0 Å². The molecule has 0 bridgehead atoms. The highest BCUT2D eigenvalue weighted by molar-refractivity contribution is 5.92. The first kappa shape index (κ1) is 25.9. The monoisotopic (exact) mass is 499 g/mol. The number of carbonyl (C=O) groups is 1. The number of carbonyl (C=O) groups excluding carboxylic acids is 1. The third-order valence-corrected chi connectivity index (χ3v) is 6.11. The Balaban J connectivity index is 1.75. The van der Waals surface area contributed by atoms with Crippen LogP contribution in [0.25, 0.3) is 22.2 Å². The zero-order valence-electron chi connectivity index (χ0n) is 22.0. The van der Waals surface area contributed by atoms with Gasteiger partial charge in [0.05, 0.1) is 4.92 Å². The van der Waals surface area contributed by atoms with Gasteiger partial charge in [-0.15, -0.1) is 0 Å². The van der Waals surface area contributed by atoms with E-state index in [1.54, 1.807) is 17.0 Å². The number of benzene rings is 3. The lowest BCUT2D eigenvalue weighted by atomic mass is 9.99. The lowest BCUT2D eigenvalue weighted by Crippen LogP contribution is -2.37. The maximum absolute atomic E-state index is 13.2. The van der Waals surface area contributed by atoms with Crippen LogP contribution in [0.3, 0.4) is 0 Å². The minimum absolute atomic E-state index is 0.0352. The Bertz CT molecular complexity index is 1410. The predicted octanol–water partition coefficient (Wildman–Crippen LogP) is 7.34. The molecule has 1 aromatic heterocycles. The number of rotatable bonds is 7. The van der Waals surface area contributed by atoms with Crippen LogP contribution in [0, 0.1) is 24.0 Å². The summed E-state index contributed by atoms with van der Waals surface area (Å²) in [5.41, 5.74) is 6.34. The minimum atomic E-state index is -0.627. The summed E-state index contributed by atoms with van der Waals surface area (Å²) < 4.78 is 5.72. The number of nitrogens with one attached hydrogen (secondary N) is 1. The normalized spacial score (nSPS) is 11.5. The molecule has 7 heteroatoms. The van der Waals surface area contributed by atoms with Crippen LogP contribution in [-0.4, -0.2) is 33.0 Å². The quantitative estimate of drug-likeness (QED) is 0.213. The van der Waals surface area contributed by atoms with Gasteiger partial charge >= 0.3 is 6.09 Å². The van der Waals surface area contributed by atoms with E-state index in [0.29, 0.717) is 19.5 Å². The topological polar surface area (TPSA) is 88.5 Å². The summed E-state index contributed by atoms with van der Waals surface area (Å²) in [7, 11) is 0. The maximum atomic E-state index is 13.2. The molecule has 7 nitrogen and oxygen atoms in total. The number of non-ortho nitro benzene ring substituents is 1. The Labute approximate surface area is 217 Å². The molecule has 37 heavy (non-hydrogen) atoms. The second kappa shape index (κ2) is 10.5. The number of aryl methyl sites for hydroxylation is 2. The SMILES string of the molecule is Cc1cc(C)cc(-c2[nH]c3ccc([N+](=O)[O-])cc3c2CCN(Cc2ccccc2)C(=O)OC(C)(C)C)c1. The van der Waals surface area contributed by atoms with Crippen molar-refractivity contribution in [2.45, 2.75) is 53.2 Å². The van der Waals surface area contributed by atoms with E-state index in [9.17, 15) is 14.9 Å². The van der Waals surface area contributed by atoms with E-state index >= 15 is 0 Å². The number of nitrogens with zero attached hydrogens (tertiary/aromatic N) is 2. The average Bonchev–Trinajstić information content (AvgIpc) is 3.18. The molecule has 0 fully saturated rings. The number of hydrogen-bond donors (Lipinski definition) is 1. The fraction of sp³-hybridized carbons (Fsp3) is 0.300. The number of nitro groups is 1. The number of fused-ring (bicyclic) bond motifs is 1. The molecule has 4 rings (SSSR count). The van der Waals surface area contributed by atoms with Crippen LogP contribution in [0.1, 0.15) is 43.0 Å². The van der Waals surface area contributed by atoms with Gasteiger partial charge in [-0.05, 0) is 75.9 Å². The lowest BCUT2D eigenvalue weighted by Gasteiger charge is -2.27. The standard InChI is InChI=1S/C30H33N3O4/c1-20-15-21(2)17-23(16-20)28-25(26-18-24(33(35)36)11-12-27(26)31-28)13-14-32(29(34)37-30(3,4)5)19-22-9-7-6-8-10-22/h6-12,15-18,31H,13-14,19H2,1-5H3. The van der Waals surface area contributed by atoms with Crippen LogP contribution in [0.5, 0.6) is 0 Å². The van der Waals surface area contributed by atoms with E-state index < -0.39 is 11.7 Å². The van der Waals surface area contributed by atoms with Crippen molar-refractivity contribution >= 4 is 22.7 Å². The molecule has 3 aromatic carbocycles. The molecule has 0 aliphatic rings. The first-order chi connectivity index (χ1) is 17.5. The molecular formula is C30H33N3O4. The molecule has 0 radical (unpaired) electrons. The van der Waals surface area contributed by atoms with Gasteiger partial charge in [0.15, 0.2) is 0 Å². The largest absolute Gasteiger partial charge is 0.444 e. The number of nitro benzene ring substituents is 1. The summed E-state index contributed by atoms with van der Waals surface area (Å²) in [5.74, 6) is 0. The van der Waals surface area contributed by atoms with Crippen LogP contribution >= 0.6 is 0 Å². The van der Waals surface area contributed by atoms with Gasteiger partial charge in [-0.1, -0.05) is 47.5 Å². The highest BCUT2D eigenvalue weighted by atomic mass is 16.6. The van der Waals surface area contributed by atoms with Crippen molar-refractivity contribution in [3.05, 3.63) is 99.1 Å². The highest BCUT2D eigenvalue weighted by Gasteiger charge is 2.24. The number of aromatic amines is 1. The number of aromatic nitrogens is 1. The summed E-state index contributed by atoms with van der Waals surface area (Å²) in [6, 6.07) is 21.0. The average molecular weight is 500 g/mol. The molecule has 1 heterocycles. The molecule has 0 atom stereocenters. The van der Waals surface area contributed by atoms with Gasteiger partial charge < -0.3 is 14.6 Å². The van der Waals surface area contributed by atoms with Crippen LogP contribution in [0.2, 0.25) is 0 Å². The predicted molar refractivity (Wildman–Crippen MR) is 147 cm³/mol. The Morgan fingerprint density at radius 2 is 1.68 bits per heavy atom. The smallest absolute Gasteiger partial charge is 0.410 e. The van der Waals surface area contributed by atoms with Crippen molar-refractivity contribution in [1.82, 2.24) is 9.88 Å². The van der Waals surface area contributed by atoms with Gasteiger partial charge in [-0.25, -0.2) is 4.79 Å². The minimum Gasteiger partial charge on any atom is -0.444 e. The van der Waals surface area contributed by atoms with Gasteiger partial charge in [-0.3, -0.25) is 10.1 Å². The molecule has 0 saturated carbocycles. The second-order valence-corrected chi connectivity index (χ2v) is 10.5. The summed E-state index contributed by atoms with van der Waals surface area (Å²) >= 11 is 0. The number of ether oxygens (including phenoxy) is 1. The summed E-state index contributed by atoms with van der Waals surface area (Å²) in [6.07, 6.45) is 0.102. The second-order valence-electron chi connectivity index (χ2n) is 10.5. The fourth-order valence-corrected chi connectivity index (χ4v) is 4.59. The molecular weight excluding hydrogens is 466 g/mol. The van der Waals surface area contributed by atoms with Gasteiger partial charge in [0.25, 0.3) is 5.69 Å². The first-order valence-electron chi connectivity index (χ1n) is 12.4. The number of hydrogen-bond acceptors (Lipinski definition) is 4. The van der Waals surface area contributed by atoms with E-state index in [1.807, 2.05) is 65.0 Å². The third kappa shape index (κ3) is 6.36. The third-order valence-electron chi connectivity index (χ3n) is 6.11. The Morgan fingerprint density at radius 3 is 2.30 bits per heavy atom. The molecule has 0 spiro atoms. The summed E-state index contributed by atoms with van der Waals surface area (Å²) in [5, 5.41) is 12.3. The first-order valence-corrected chi connectivity index (χ1v) is 12.4. The van der Waals surface area contributed by atoms with E-state index in [1.165, 1.54) is 6.07 Å². The van der Waals surface area contributed by atoms with Crippen molar-refractivity contribution < 1.29 is 14.5 Å². The number of H-pyrrole nitrogens is 1. The van der Waals surface area contributed by atoms with Gasteiger partial charge in [0.1, 0.15) is 5.60 Å². The Kier molecular flexibility index (Phi) is 7.34. The van der Waals surface area contributed by atoms with Crippen molar-refractivity contribution in [3.8, 4) is 11.3 Å². The molecule has 0 aliphatic heterocycles. The van der Waals surface area contributed by atoms with Crippen molar-refractivity contribution in [2.75, 3.05) is 6.54 Å². The fourth-order valence-electron chi connectivity index (χ4n) is 4.59. The van der Waals surface area contributed by atoms with Crippen LogP contribution in [0.4, 0.5) is 10.5 Å². The highest BCUT2D eigenvalue weighted by Crippen LogP contribution is 2.34. The van der Waals surface area contributed by atoms with Crippen molar-refractivity contribution in [1.29, 1.82) is 0 Å². The lowest BCUT2D eigenvalue weighted by molar-refractivity contribution is -0.384. The van der Waals surface area contributed by atoms with Crippen LogP contribution < -0.4 is 0 Å². The molecule has 0 unspecified atom stereocenters. The van der Waals surface area contributed by atoms with E-state index in [4.69, 9.17) is 4.74 Å². The molecule has 0 saturated heterocycles. The number of amides is 1. The zero-order chi connectivity index (χ0) is 26.7. The zero-order valence-corrected chi connectivity index (χ0v) is 22.0. The molecule has 192 valence electrons. The Hall–Kier alpha value is -4.13. The van der Waals surface area contributed by atoms with Crippen LogP contribution in [0.15, 0.2) is 66.7 Å². The summed E-state index contributed by atoms with van der Waals surface area (Å²) in [6.45, 7) is 10.4. The molecule has 1 N–H and O–H groups in total. The van der Waals surface area contributed by atoms with Crippen LogP contribution in [-0.2, 0) is 17.7 Å². The Morgan fingerprint density at radius 1 is 1.00 bits per heavy atom. The summed E-state index contributed by atoms with van der Waals surface area (Å²) in [4.78, 5) is 29.5. The molecule has 0 aliphatic carbocycles. The van der Waals surface area contributed by atoms with E-state index in [-0.39, 0.29) is 10.6 Å². The van der Waals surface area contributed by atoms with Gasteiger partial charge in [0, 0.05) is 41.8 Å². The molecule has 1 amide bonds.